The van der Waals surface area contributed by atoms with Crippen LogP contribution in [0.15, 0.2) is 24.3 Å². The van der Waals surface area contributed by atoms with Crippen LogP contribution in [0.4, 0.5) is 5.69 Å². The highest BCUT2D eigenvalue weighted by molar-refractivity contribution is 7.80. The van der Waals surface area contributed by atoms with Gasteiger partial charge >= 0.3 is 0 Å². The van der Waals surface area contributed by atoms with Crippen LogP contribution in [0.25, 0.3) is 0 Å². The minimum atomic E-state index is 0.667. The van der Waals surface area contributed by atoms with Crippen molar-refractivity contribution >= 4 is 29.9 Å². The predicted molar refractivity (Wildman–Crippen MR) is 83.1 cm³/mol. The lowest BCUT2D eigenvalue weighted by Gasteiger charge is -2.37. The molecule has 0 aliphatic carbocycles. The number of benzene rings is 1. The first kappa shape index (κ1) is 14.0. The number of piperazine rings is 1. The van der Waals surface area contributed by atoms with E-state index in [0.717, 1.165) is 43.5 Å². The number of halogens is 1. The highest BCUT2D eigenvalue weighted by Crippen LogP contribution is 2.26. The van der Waals surface area contributed by atoms with Gasteiger partial charge in [0, 0.05) is 32.7 Å². The average Bonchev–Trinajstić information content (AvgIpc) is 2.40. The molecule has 1 aromatic carbocycles. The molecule has 1 aromatic rings. The third-order valence-electron chi connectivity index (χ3n) is 3.45. The summed E-state index contributed by atoms with van der Waals surface area (Å²) in [6.45, 7) is 7.76. The standard InChI is InChI=1S/C14H21ClN2S/c1-12(11-18)10-16-6-8-17(9-7-16)14-5-3-2-4-13(14)15/h2-5,12,18H,6-11H2,1H3. The van der Waals surface area contributed by atoms with Gasteiger partial charge in [-0.2, -0.15) is 12.6 Å². The molecule has 0 amide bonds. The van der Waals surface area contributed by atoms with Gasteiger partial charge in [-0.25, -0.2) is 0 Å². The van der Waals surface area contributed by atoms with Crippen LogP contribution in [-0.2, 0) is 0 Å². The number of para-hydroxylation sites is 1. The van der Waals surface area contributed by atoms with Crippen molar-refractivity contribution in [2.45, 2.75) is 6.92 Å². The summed E-state index contributed by atoms with van der Waals surface area (Å²) in [6, 6.07) is 8.10. The molecule has 1 atom stereocenters. The first-order chi connectivity index (χ1) is 8.70. The van der Waals surface area contributed by atoms with Crippen LogP contribution in [0, 0.1) is 5.92 Å². The minimum absolute atomic E-state index is 0.667. The summed E-state index contributed by atoms with van der Waals surface area (Å²) in [7, 11) is 0. The molecule has 18 heavy (non-hydrogen) atoms. The van der Waals surface area contributed by atoms with Gasteiger partial charge in [-0.1, -0.05) is 30.7 Å². The third kappa shape index (κ3) is 3.56. The Bertz CT molecular complexity index is 378. The molecule has 100 valence electrons. The Kier molecular flexibility index (Phi) is 5.22. The third-order valence-corrected chi connectivity index (χ3v) is 4.39. The number of hydrogen-bond donors (Lipinski definition) is 1. The Morgan fingerprint density at radius 3 is 2.50 bits per heavy atom. The second kappa shape index (κ2) is 6.69. The lowest BCUT2D eigenvalue weighted by Crippen LogP contribution is -2.47. The van der Waals surface area contributed by atoms with E-state index in [-0.39, 0.29) is 0 Å². The maximum Gasteiger partial charge on any atom is 0.0639 e. The monoisotopic (exact) mass is 284 g/mol. The average molecular weight is 285 g/mol. The molecule has 1 heterocycles. The molecule has 1 aliphatic rings. The van der Waals surface area contributed by atoms with E-state index in [0.29, 0.717) is 5.92 Å². The van der Waals surface area contributed by atoms with E-state index in [2.05, 4.69) is 41.5 Å². The zero-order valence-corrected chi connectivity index (χ0v) is 12.5. The summed E-state index contributed by atoms with van der Waals surface area (Å²) in [6.07, 6.45) is 0. The Balaban J connectivity index is 1.89. The highest BCUT2D eigenvalue weighted by atomic mass is 35.5. The van der Waals surface area contributed by atoms with Gasteiger partial charge in [-0.3, -0.25) is 4.90 Å². The van der Waals surface area contributed by atoms with Crippen molar-refractivity contribution in [3.8, 4) is 0 Å². The van der Waals surface area contributed by atoms with Crippen LogP contribution in [-0.4, -0.2) is 43.4 Å². The zero-order chi connectivity index (χ0) is 13.0. The summed E-state index contributed by atoms with van der Waals surface area (Å²) in [5.41, 5.74) is 1.17. The van der Waals surface area contributed by atoms with E-state index >= 15 is 0 Å². The second-order valence-electron chi connectivity index (χ2n) is 5.03. The summed E-state index contributed by atoms with van der Waals surface area (Å²) in [5, 5.41) is 0.856. The molecule has 0 saturated carbocycles. The Morgan fingerprint density at radius 2 is 1.89 bits per heavy atom. The molecule has 0 N–H and O–H groups in total. The lowest BCUT2D eigenvalue weighted by atomic mass is 10.2. The van der Waals surface area contributed by atoms with Gasteiger partial charge in [-0.15, -0.1) is 0 Å². The first-order valence-electron chi connectivity index (χ1n) is 6.53. The van der Waals surface area contributed by atoms with Crippen molar-refractivity contribution < 1.29 is 0 Å². The molecule has 1 unspecified atom stereocenters. The molecular formula is C14H21ClN2S. The predicted octanol–water partition coefficient (Wildman–Crippen LogP) is 3.03. The Labute approximate surface area is 120 Å². The SMILES string of the molecule is CC(CS)CN1CCN(c2ccccc2Cl)CC1. The fraction of sp³-hybridized carbons (Fsp3) is 0.571. The van der Waals surface area contributed by atoms with Crippen molar-refractivity contribution in [1.29, 1.82) is 0 Å². The maximum absolute atomic E-state index is 6.24. The molecule has 0 spiro atoms. The van der Waals surface area contributed by atoms with Crippen molar-refractivity contribution in [3.05, 3.63) is 29.3 Å². The van der Waals surface area contributed by atoms with Gasteiger partial charge in [0.2, 0.25) is 0 Å². The van der Waals surface area contributed by atoms with E-state index in [1.807, 2.05) is 12.1 Å². The lowest BCUT2D eigenvalue weighted by molar-refractivity contribution is 0.233. The van der Waals surface area contributed by atoms with Crippen LogP contribution in [0.2, 0.25) is 5.02 Å². The molecule has 0 bridgehead atoms. The van der Waals surface area contributed by atoms with Crippen molar-refractivity contribution in [3.63, 3.8) is 0 Å². The topological polar surface area (TPSA) is 6.48 Å². The number of nitrogens with zero attached hydrogens (tertiary/aromatic N) is 2. The van der Waals surface area contributed by atoms with Crippen molar-refractivity contribution in [2.75, 3.05) is 43.4 Å². The molecule has 4 heteroatoms. The van der Waals surface area contributed by atoms with Crippen molar-refractivity contribution in [2.24, 2.45) is 5.92 Å². The smallest absolute Gasteiger partial charge is 0.0639 e. The number of rotatable bonds is 4. The van der Waals surface area contributed by atoms with Gasteiger partial charge in [0.15, 0.2) is 0 Å². The van der Waals surface area contributed by atoms with Gasteiger partial charge in [0.05, 0.1) is 10.7 Å². The summed E-state index contributed by atoms with van der Waals surface area (Å²) < 4.78 is 0. The van der Waals surface area contributed by atoms with Gasteiger partial charge < -0.3 is 4.90 Å². The minimum Gasteiger partial charge on any atom is -0.368 e. The van der Waals surface area contributed by atoms with E-state index < -0.39 is 0 Å². The molecular weight excluding hydrogens is 264 g/mol. The first-order valence-corrected chi connectivity index (χ1v) is 7.54. The Morgan fingerprint density at radius 1 is 1.22 bits per heavy atom. The molecule has 1 saturated heterocycles. The van der Waals surface area contributed by atoms with E-state index in [1.54, 1.807) is 0 Å². The van der Waals surface area contributed by atoms with Crippen LogP contribution in [0.5, 0.6) is 0 Å². The molecule has 2 rings (SSSR count). The fourth-order valence-corrected chi connectivity index (χ4v) is 2.75. The van der Waals surface area contributed by atoms with Gasteiger partial charge in [0.1, 0.15) is 0 Å². The van der Waals surface area contributed by atoms with Crippen LogP contribution < -0.4 is 4.90 Å². The van der Waals surface area contributed by atoms with Crippen LogP contribution in [0.3, 0.4) is 0 Å². The zero-order valence-electron chi connectivity index (χ0n) is 10.8. The van der Waals surface area contributed by atoms with E-state index in [9.17, 15) is 0 Å². The molecule has 1 fully saturated rings. The summed E-state index contributed by atoms with van der Waals surface area (Å²) in [4.78, 5) is 4.90. The molecule has 2 nitrogen and oxygen atoms in total. The fourth-order valence-electron chi connectivity index (χ4n) is 2.38. The van der Waals surface area contributed by atoms with E-state index in [1.165, 1.54) is 5.69 Å². The van der Waals surface area contributed by atoms with Gasteiger partial charge in [-0.05, 0) is 23.8 Å². The Hall–Kier alpha value is -0.380. The normalized spacial score (nSPS) is 18.9. The van der Waals surface area contributed by atoms with Crippen LogP contribution >= 0.6 is 24.2 Å². The molecule has 0 aromatic heterocycles. The number of thiol groups is 1. The van der Waals surface area contributed by atoms with E-state index in [4.69, 9.17) is 11.6 Å². The van der Waals surface area contributed by atoms with Crippen molar-refractivity contribution in [1.82, 2.24) is 4.90 Å². The summed E-state index contributed by atoms with van der Waals surface area (Å²) in [5.74, 6) is 1.63. The summed E-state index contributed by atoms with van der Waals surface area (Å²) >= 11 is 10.6. The maximum atomic E-state index is 6.24. The number of hydrogen-bond acceptors (Lipinski definition) is 3. The largest absolute Gasteiger partial charge is 0.368 e. The quantitative estimate of drug-likeness (QED) is 0.849. The second-order valence-corrected chi connectivity index (χ2v) is 5.80. The highest BCUT2D eigenvalue weighted by Gasteiger charge is 2.19. The van der Waals surface area contributed by atoms with Gasteiger partial charge in [0.25, 0.3) is 0 Å². The molecule has 0 radical (unpaired) electrons. The molecule has 1 aliphatic heterocycles. The number of anilines is 1. The van der Waals surface area contributed by atoms with Crippen LogP contribution in [0.1, 0.15) is 6.92 Å².